The van der Waals surface area contributed by atoms with Gasteiger partial charge >= 0.3 is 0 Å². The van der Waals surface area contributed by atoms with E-state index in [1.807, 2.05) is 0 Å². The maximum atomic E-state index is 12.2. The molecule has 21 heavy (non-hydrogen) atoms. The van der Waals surface area contributed by atoms with Crippen molar-refractivity contribution in [2.75, 3.05) is 13.2 Å². The van der Waals surface area contributed by atoms with Crippen LogP contribution in [0.1, 0.15) is 27.7 Å². The van der Waals surface area contributed by atoms with Gasteiger partial charge in [-0.05, 0) is 44.0 Å². The summed E-state index contributed by atoms with van der Waals surface area (Å²) >= 11 is 0. The van der Waals surface area contributed by atoms with Crippen molar-refractivity contribution in [3.63, 3.8) is 0 Å². The van der Waals surface area contributed by atoms with E-state index in [2.05, 4.69) is 18.6 Å². The molecular formula is C14H25ClN2O3S. The molecule has 0 atom stereocenters. The molecule has 1 rings (SSSR count). The normalized spacial score (nSPS) is 12.1. The van der Waals surface area contributed by atoms with Gasteiger partial charge < -0.3 is 10.5 Å². The summed E-state index contributed by atoms with van der Waals surface area (Å²) in [5.74, 6) is 1.08. The second-order valence-corrected chi connectivity index (χ2v) is 7.55. The molecule has 0 aliphatic heterocycles. The van der Waals surface area contributed by atoms with Gasteiger partial charge in [0.15, 0.2) is 0 Å². The summed E-state index contributed by atoms with van der Waals surface area (Å²) in [5, 5.41) is 0. The van der Waals surface area contributed by atoms with Crippen LogP contribution < -0.4 is 15.2 Å². The van der Waals surface area contributed by atoms with E-state index in [9.17, 15) is 8.42 Å². The van der Waals surface area contributed by atoms with E-state index in [0.717, 1.165) is 0 Å². The van der Waals surface area contributed by atoms with Gasteiger partial charge in [0.25, 0.3) is 0 Å². The van der Waals surface area contributed by atoms with Crippen LogP contribution in [0.2, 0.25) is 0 Å². The summed E-state index contributed by atoms with van der Waals surface area (Å²) in [6, 6.07) is 6.38. The molecule has 0 radical (unpaired) electrons. The van der Waals surface area contributed by atoms with Crippen molar-refractivity contribution in [2.45, 2.75) is 38.1 Å². The molecule has 7 heteroatoms. The van der Waals surface area contributed by atoms with Crippen molar-refractivity contribution in [2.24, 2.45) is 11.7 Å². The maximum Gasteiger partial charge on any atom is 0.241 e. The van der Waals surface area contributed by atoms with Crippen molar-refractivity contribution >= 4 is 22.4 Å². The smallest absolute Gasteiger partial charge is 0.241 e. The molecule has 122 valence electrons. The number of sulfonamides is 1. The van der Waals surface area contributed by atoms with Crippen LogP contribution in [0.5, 0.6) is 5.75 Å². The minimum Gasteiger partial charge on any atom is -0.493 e. The van der Waals surface area contributed by atoms with Crippen LogP contribution in [0.25, 0.3) is 0 Å². The highest BCUT2D eigenvalue weighted by molar-refractivity contribution is 7.89. The fourth-order valence-corrected chi connectivity index (χ4v) is 2.87. The highest BCUT2D eigenvalue weighted by Gasteiger charge is 2.24. The molecule has 0 saturated carbocycles. The van der Waals surface area contributed by atoms with Gasteiger partial charge in [0, 0.05) is 12.1 Å². The second kappa shape index (κ2) is 7.98. The summed E-state index contributed by atoms with van der Waals surface area (Å²) in [6.07, 6.45) is 0. The summed E-state index contributed by atoms with van der Waals surface area (Å²) in [4.78, 5) is 0.205. The minimum atomic E-state index is -3.56. The first-order valence-electron chi connectivity index (χ1n) is 6.63. The highest BCUT2D eigenvalue weighted by Crippen LogP contribution is 2.18. The average Bonchev–Trinajstić information content (AvgIpc) is 2.35. The molecule has 0 aliphatic carbocycles. The Bertz CT molecular complexity index is 528. The summed E-state index contributed by atoms with van der Waals surface area (Å²) in [7, 11) is -3.56. The third-order valence-corrected chi connectivity index (χ3v) is 4.35. The zero-order chi connectivity index (χ0) is 15.4. The first-order valence-corrected chi connectivity index (χ1v) is 8.11. The molecular weight excluding hydrogens is 312 g/mol. The van der Waals surface area contributed by atoms with Crippen molar-refractivity contribution in [1.82, 2.24) is 4.72 Å². The summed E-state index contributed by atoms with van der Waals surface area (Å²) in [5.41, 5.74) is 4.86. The molecule has 0 aromatic heterocycles. The van der Waals surface area contributed by atoms with E-state index < -0.39 is 15.6 Å². The first-order chi connectivity index (χ1) is 9.16. The third-order valence-electron chi connectivity index (χ3n) is 2.64. The van der Waals surface area contributed by atoms with Gasteiger partial charge in [-0.2, -0.15) is 0 Å². The Labute approximate surface area is 133 Å². The van der Waals surface area contributed by atoms with Gasteiger partial charge in [-0.1, -0.05) is 13.8 Å². The van der Waals surface area contributed by atoms with E-state index in [1.165, 1.54) is 12.1 Å². The number of halogens is 1. The van der Waals surface area contributed by atoms with E-state index in [4.69, 9.17) is 10.5 Å². The molecule has 0 saturated heterocycles. The lowest BCUT2D eigenvalue weighted by molar-refractivity contribution is 0.271. The maximum absolute atomic E-state index is 12.2. The van der Waals surface area contributed by atoms with Gasteiger partial charge in [0.05, 0.1) is 11.5 Å². The Balaban J connectivity index is 0.00000400. The van der Waals surface area contributed by atoms with Crippen LogP contribution >= 0.6 is 12.4 Å². The van der Waals surface area contributed by atoms with Crippen molar-refractivity contribution in [1.29, 1.82) is 0 Å². The van der Waals surface area contributed by atoms with Crippen LogP contribution in [0.15, 0.2) is 29.2 Å². The van der Waals surface area contributed by atoms with Crippen molar-refractivity contribution < 1.29 is 13.2 Å². The predicted octanol–water partition coefficient (Wildman–Crippen LogP) is 2.16. The fraction of sp³-hybridized carbons (Fsp3) is 0.571. The van der Waals surface area contributed by atoms with Crippen LogP contribution in [0.3, 0.4) is 0 Å². The number of benzene rings is 1. The minimum absolute atomic E-state index is 0. The molecule has 0 heterocycles. The van der Waals surface area contributed by atoms with Gasteiger partial charge in [0.2, 0.25) is 10.0 Å². The fourth-order valence-electron chi connectivity index (χ4n) is 1.44. The van der Waals surface area contributed by atoms with Crippen molar-refractivity contribution in [3.05, 3.63) is 24.3 Å². The summed E-state index contributed by atoms with van der Waals surface area (Å²) < 4.78 is 32.4. The standard InChI is InChI=1S/C14H24N2O3S.ClH/c1-11(2)9-19-12-5-7-13(8-6-12)20(17,18)16-14(3,4)10-15;/h5-8,11,16H,9-10,15H2,1-4H3;1H. The Morgan fingerprint density at radius 1 is 1.24 bits per heavy atom. The largest absolute Gasteiger partial charge is 0.493 e. The number of ether oxygens (including phenoxy) is 1. The number of rotatable bonds is 7. The Hall–Kier alpha value is -0.820. The molecule has 0 unspecified atom stereocenters. The Kier molecular flexibility index (Phi) is 7.67. The molecule has 0 bridgehead atoms. The lowest BCUT2D eigenvalue weighted by Crippen LogP contribution is -2.48. The topological polar surface area (TPSA) is 81.4 Å². The predicted molar refractivity (Wildman–Crippen MR) is 87.5 cm³/mol. The molecule has 0 fully saturated rings. The number of nitrogens with one attached hydrogen (secondary N) is 1. The zero-order valence-corrected chi connectivity index (χ0v) is 14.6. The molecule has 0 aliphatic rings. The quantitative estimate of drug-likeness (QED) is 0.799. The van der Waals surface area contributed by atoms with E-state index in [0.29, 0.717) is 18.3 Å². The van der Waals surface area contributed by atoms with Crippen LogP contribution in [-0.2, 0) is 10.0 Å². The monoisotopic (exact) mass is 336 g/mol. The van der Waals surface area contributed by atoms with Crippen LogP contribution in [-0.4, -0.2) is 27.1 Å². The highest BCUT2D eigenvalue weighted by atomic mass is 35.5. The molecule has 1 aromatic carbocycles. The number of nitrogens with two attached hydrogens (primary N) is 1. The molecule has 1 aromatic rings. The van der Waals surface area contributed by atoms with Gasteiger partial charge in [-0.15, -0.1) is 12.4 Å². The second-order valence-electron chi connectivity index (χ2n) is 5.87. The third kappa shape index (κ3) is 6.65. The zero-order valence-electron chi connectivity index (χ0n) is 12.9. The number of hydrogen-bond acceptors (Lipinski definition) is 4. The summed E-state index contributed by atoms with van der Waals surface area (Å²) in [6.45, 7) is 8.41. The van der Waals surface area contributed by atoms with E-state index in [-0.39, 0.29) is 23.8 Å². The number of hydrogen-bond donors (Lipinski definition) is 2. The van der Waals surface area contributed by atoms with E-state index >= 15 is 0 Å². The van der Waals surface area contributed by atoms with E-state index in [1.54, 1.807) is 26.0 Å². The molecule has 0 spiro atoms. The molecule has 0 amide bonds. The Morgan fingerprint density at radius 2 is 1.76 bits per heavy atom. The van der Waals surface area contributed by atoms with Crippen molar-refractivity contribution in [3.8, 4) is 5.75 Å². The lowest BCUT2D eigenvalue weighted by Gasteiger charge is -2.23. The lowest BCUT2D eigenvalue weighted by atomic mass is 10.1. The van der Waals surface area contributed by atoms with Crippen LogP contribution in [0.4, 0.5) is 0 Å². The van der Waals surface area contributed by atoms with Gasteiger partial charge in [0.1, 0.15) is 5.75 Å². The van der Waals surface area contributed by atoms with Gasteiger partial charge in [-0.25, -0.2) is 13.1 Å². The molecule has 5 nitrogen and oxygen atoms in total. The van der Waals surface area contributed by atoms with Gasteiger partial charge in [-0.3, -0.25) is 0 Å². The Morgan fingerprint density at radius 3 is 2.19 bits per heavy atom. The van der Waals surface area contributed by atoms with Crippen LogP contribution in [0, 0.1) is 5.92 Å². The first kappa shape index (κ1) is 20.2. The SMILES string of the molecule is CC(C)COc1ccc(S(=O)(=O)NC(C)(C)CN)cc1.Cl. The average molecular weight is 337 g/mol. The molecule has 3 N–H and O–H groups in total.